The third kappa shape index (κ3) is 3.72. The number of rotatable bonds is 5. The van der Waals surface area contributed by atoms with Crippen molar-refractivity contribution in [3.05, 3.63) is 65.4 Å². The lowest BCUT2D eigenvalue weighted by Gasteiger charge is -2.12. The van der Waals surface area contributed by atoms with Crippen LogP contribution >= 0.6 is 11.6 Å². The Labute approximate surface area is 150 Å². The van der Waals surface area contributed by atoms with Gasteiger partial charge in [-0.2, -0.15) is 4.98 Å². The predicted octanol–water partition coefficient (Wildman–Crippen LogP) is 5.25. The van der Waals surface area contributed by atoms with E-state index in [1.54, 1.807) is 18.2 Å². The van der Waals surface area contributed by atoms with Crippen LogP contribution < -0.4 is 10.6 Å². The fraction of sp³-hybridized carbons (Fsp3) is 0.158. The third-order valence-corrected chi connectivity index (χ3v) is 4.24. The molecule has 1 fully saturated rings. The fourth-order valence-corrected chi connectivity index (χ4v) is 2.70. The second-order valence-corrected chi connectivity index (χ2v) is 6.38. The summed E-state index contributed by atoms with van der Waals surface area (Å²) in [5.74, 6) is 0.590. The zero-order valence-corrected chi connectivity index (χ0v) is 14.1. The maximum Gasteiger partial charge on any atom is 0.225 e. The normalized spacial score (nSPS) is 13.5. The first-order chi connectivity index (χ1) is 12.2. The van der Waals surface area contributed by atoms with Crippen molar-refractivity contribution in [3.8, 4) is 11.3 Å². The third-order valence-electron chi connectivity index (χ3n) is 3.92. The van der Waals surface area contributed by atoms with E-state index in [1.165, 1.54) is 6.07 Å². The van der Waals surface area contributed by atoms with Crippen molar-refractivity contribution in [2.45, 2.75) is 18.9 Å². The number of anilines is 3. The summed E-state index contributed by atoms with van der Waals surface area (Å²) in [7, 11) is 0. The number of benzene rings is 2. The average Bonchev–Trinajstić information content (AvgIpc) is 3.43. The predicted molar refractivity (Wildman–Crippen MR) is 98.8 cm³/mol. The minimum Gasteiger partial charge on any atom is -0.351 e. The zero-order chi connectivity index (χ0) is 17.2. The first-order valence-electron chi connectivity index (χ1n) is 8.11. The molecule has 0 bridgehead atoms. The molecular formula is C19H16ClFN4. The lowest BCUT2D eigenvalue weighted by molar-refractivity contribution is 0.632. The Kier molecular flexibility index (Phi) is 4.24. The van der Waals surface area contributed by atoms with Crippen LogP contribution in [0.25, 0.3) is 11.3 Å². The molecule has 126 valence electrons. The summed E-state index contributed by atoms with van der Waals surface area (Å²) in [6, 6.07) is 16.6. The summed E-state index contributed by atoms with van der Waals surface area (Å²) in [5, 5.41) is 6.58. The van der Waals surface area contributed by atoms with E-state index in [9.17, 15) is 4.39 Å². The molecule has 4 rings (SSSR count). The van der Waals surface area contributed by atoms with Gasteiger partial charge in [0, 0.05) is 17.7 Å². The summed E-state index contributed by atoms with van der Waals surface area (Å²) in [6.45, 7) is 0. The summed E-state index contributed by atoms with van der Waals surface area (Å²) < 4.78 is 14.1. The maximum atomic E-state index is 14.1. The fourth-order valence-electron chi connectivity index (χ4n) is 2.49. The van der Waals surface area contributed by atoms with Crippen LogP contribution in [0.2, 0.25) is 5.02 Å². The van der Waals surface area contributed by atoms with Crippen LogP contribution in [0.15, 0.2) is 54.6 Å². The molecule has 1 aliphatic carbocycles. The molecule has 1 aromatic heterocycles. The molecule has 1 saturated carbocycles. The highest BCUT2D eigenvalue weighted by atomic mass is 35.5. The number of hydrogen-bond acceptors (Lipinski definition) is 4. The standard InChI is InChI=1S/C19H16ClFN4/c20-14-7-4-8-15(21)18(14)24-17-11-16(12-5-2-1-3-6-12)23-19(25-17)22-13-9-10-13/h1-8,11,13H,9-10H2,(H2,22,23,24,25). The van der Waals surface area contributed by atoms with E-state index < -0.39 is 5.82 Å². The molecule has 6 heteroatoms. The molecule has 0 saturated heterocycles. The number of halogens is 2. The van der Waals surface area contributed by atoms with Crippen LogP contribution in [0, 0.1) is 5.82 Å². The molecule has 1 aliphatic rings. The molecule has 2 aromatic carbocycles. The zero-order valence-electron chi connectivity index (χ0n) is 13.3. The van der Waals surface area contributed by atoms with Crippen LogP contribution in [-0.2, 0) is 0 Å². The van der Waals surface area contributed by atoms with Gasteiger partial charge in [0.25, 0.3) is 0 Å². The van der Waals surface area contributed by atoms with Gasteiger partial charge in [0.2, 0.25) is 5.95 Å². The summed E-state index contributed by atoms with van der Waals surface area (Å²) in [6.07, 6.45) is 2.22. The Morgan fingerprint density at radius 3 is 2.52 bits per heavy atom. The van der Waals surface area contributed by atoms with Crippen LogP contribution in [0.3, 0.4) is 0 Å². The molecule has 25 heavy (non-hydrogen) atoms. The molecule has 3 aromatic rings. The molecule has 4 nitrogen and oxygen atoms in total. The SMILES string of the molecule is Fc1cccc(Cl)c1Nc1cc(-c2ccccc2)nc(NC2CC2)n1. The van der Waals surface area contributed by atoms with Gasteiger partial charge in [-0.05, 0) is 25.0 Å². The van der Waals surface area contributed by atoms with Gasteiger partial charge < -0.3 is 10.6 Å². The molecular weight excluding hydrogens is 339 g/mol. The van der Waals surface area contributed by atoms with Gasteiger partial charge in [0.15, 0.2) is 0 Å². The van der Waals surface area contributed by atoms with Crippen molar-refractivity contribution in [1.82, 2.24) is 9.97 Å². The van der Waals surface area contributed by atoms with Crippen molar-refractivity contribution in [1.29, 1.82) is 0 Å². The van der Waals surface area contributed by atoms with Gasteiger partial charge in [-0.15, -0.1) is 0 Å². The van der Waals surface area contributed by atoms with E-state index >= 15 is 0 Å². The largest absolute Gasteiger partial charge is 0.351 e. The minimum atomic E-state index is -0.427. The number of hydrogen-bond donors (Lipinski definition) is 2. The van der Waals surface area contributed by atoms with Gasteiger partial charge in [-0.3, -0.25) is 0 Å². The Morgan fingerprint density at radius 2 is 1.80 bits per heavy atom. The van der Waals surface area contributed by atoms with Crippen molar-refractivity contribution < 1.29 is 4.39 Å². The van der Waals surface area contributed by atoms with Crippen LogP contribution in [0.5, 0.6) is 0 Å². The van der Waals surface area contributed by atoms with Crippen molar-refractivity contribution in [2.24, 2.45) is 0 Å². The highest BCUT2D eigenvalue weighted by molar-refractivity contribution is 6.33. The van der Waals surface area contributed by atoms with Gasteiger partial charge in [0.05, 0.1) is 16.4 Å². The van der Waals surface area contributed by atoms with Gasteiger partial charge in [0.1, 0.15) is 11.6 Å². The van der Waals surface area contributed by atoms with E-state index in [1.807, 2.05) is 30.3 Å². The van der Waals surface area contributed by atoms with E-state index in [0.717, 1.165) is 24.1 Å². The van der Waals surface area contributed by atoms with Crippen molar-refractivity contribution in [3.63, 3.8) is 0 Å². The van der Waals surface area contributed by atoms with Gasteiger partial charge >= 0.3 is 0 Å². The molecule has 0 radical (unpaired) electrons. The summed E-state index contributed by atoms with van der Waals surface area (Å²) in [5.41, 5.74) is 1.93. The van der Waals surface area contributed by atoms with Crippen molar-refractivity contribution in [2.75, 3.05) is 10.6 Å². The minimum absolute atomic E-state index is 0.208. The average molecular weight is 355 g/mol. The number of para-hydroxylation sites is 1. The molecule has 0 spiro atoms. The molecule has 0 aliphatic heterocycles. The maximum absolute atomic E-state index is 14.1. The molecule has 0 unspecified atom stereocenters. The van der Waals surface area contributed by atoms with Crippen LogP contribution in [0.4, 0.5) is 21.8 Å². The number of nitrogens with zero attached hydrogens (tertiary/aromatic N) is 2. The lowest BCUT2D eigenvalue weighted by Crippen LogP contribution is -2.08. The lowest BCUT2D eigenvalue weighted by atomic mass is 10.1. The Balaban J connectivity index is 1.73. The highest BCUT2D eigenvalue weighted by Gasteiger charge is 2.22. The van der Waals surface area contributed by atoms with Gasteiger partial charge in [-0.1, -0.05) is 48.0 Å². The first kappa shape index (κ1) is 15.8. The first-order valence-corrected chi connectivity index (χ1v) is 8.49. The smallest absolute Gasteiger partial charge is 0.225 e. The number of aromatic nitrogens is 2. The van der Waals surface area contributed by atoms with Crippen LogP contribution in [-0.4, -0.2) is 16.0 Å². The van der Waals surface area contributed by atoms with E-state index in [-0.39, 0.29) is 5.69 Å². The Morgan fingerprint density at radius 1 is 1.00 bits per heavy atom. The molecule has 0 amide bonds. The van der Waals surface area contributed by atoms with Crippen LogP contribution in [0.1, 0.15) is 12.8 Å². The van der Waals surface area contributed by atoms with Crippen molar-refractivity contribution >= 4 is 29.1 Å². The molecule has 2 N–H and O–H groups in total. The molecule has 0 atom stereocenters. The van der Waals surface area contributed by atoms with E-state index in [0.29, 0.717) is 22.8 Å². The Bertz CT molecular complexity index is 877. The second kappa shape index (κ2) is 6.69. The number of nitrogens with one attached hydrogen (secondary N) is 2. The van der Waals surface area contributed by atoms with E-state index in [4.69, 9.17) is 11.6 Å². The quantitative estimate of drug-likeness (QED) is 0.656. The topological polar surface area (TPSA) is 49.8 Å². The van der Waals surface area contributed by atoms with E-state index in [2.05, 4.69) is 20.6 Å². The monoisotopic (exact) mass is 354 g/mol. The Hall–Kier alpha value is -2.66. The highest BCUT2D eigenvalue weighted by Crippen LogP contribution is 2.30. The molecule has 1 heterocycles. The second-order valence-electron chi connectivity index (χ2n) is 5.97. The summed E-state index contributed by atoms with van der Waals surface area (Å²) >= 11 is 6.11. The summed E-state index contributed by atoms with van der Waals surface area (Å²) in [4.78, 5) is 9.04. The van der Waals surface area contributed by atoms with Gasteiger partial charge in [-0.25, -0.2) is 9.37 Å².